The number of anilines is 1. The zero-order valence-electron chi connectivity index (χ0n) is 17.9. The summed E-state index contributed by atoms with van der Waals surface area (Å²) >= 11 is 0. The Balaban J connectivity index is 1.69. The predicted octanol–water partition coefficient (Wildman–Crippen LogP) is 3.94. The van der Waals surface area contributed by atoms with Crippen LogP contribution in [0.1, 0.15) is 38.6 Å². The van der Waals surface area contributed by atoms with E-state index in [0.717, 1.165) is 35.4 Å². The third-order valence-corrected chi connectivity index (χ3v) is 5.08. The molecule has 0 atom stereocenters. The van der Waals surface area contributed by atoms with Crippen LogP contribution in [0.4, 0.5) is 5.69 Å². The molecule has 0 fully saturated rings. The highest BCUT2D eigenvalue weighted by Gasteiger charge is 2.14. The van der Waals surface area contributed by atoms with Crippen molar-refractivity contribution in [2.24, 2.45) is 5.92 Å². The lowest BCUT2D eigenvalue weighted by Crippen LogP contribution is -2.29. The van der Waals surface area contributed by atoms with E-state index in [1.807, 2.05) is 66.9 Å². The number of carbonyl (C=O) groups is 2. The van der Waals surface area contributed by atoms with Gasteiger partial charge < -0.3 is 15.2 Å². The second-order valence-corrected chi connectivity index (χ2v) is 7.75. The fraction of sp³-hybridized carbons (Fsp3) is 0.375. The lowest BCUT2D eigenvalue weighted by Gasteiger charge is -2.11. The van der Waals surface area contributed by atoms with Crippen LogP contribution in [0.2, 0.25) is 0 Å². The van der Waals surface area contributed by atoms with Crippen molar-refractivity contribution in [3.05, 3.63) is 59.9 Å². The van der Waals surface area contributed by atoms with Gasteiger partial charge in [0.25, 0.3) is 0 Å². The van der Waals surface area contributed by atoms with Crippen molar-refractivity contribution in [2.45, 2.75) is 46.6 Å². The Morgan fingerprint density at radius 2 is 1.80 bits per heavy atom. The van der Waals surface area contributed by atoms with E-state index in [1.54, 1.807) is 0 Å². The quantitative estimate of drug-likeness (QED) is 0.529. The van der Waals surface area contributed by atoms with Gasteiger partial charge in [-0.2, -0.15) is 0 Å². The summed E-state index contributed by atoms with van der Waals surface area (Å²) in [7, 11) is 0. The van der Waals surface area contributed by atoms with E-state index in [4.69, 9.17) is 4.98 Å². The van der Waals surface area contributed by atoms with Gasteiger partial charge in [0, 0.05) is 24.6 Å². The van der Waals surface area contributed by atoms with Crippen molar-refractivity contribution in [1.29, 1.82) is 0 Å². The van der Waals surface area contributed by atoms with Crippen molar-refractivity contribution >= 4 is 28.5 Å². The van der Waals surface area contributed by atoms with Gasteiger partial charge in [0.15, 0.2) is 0 Å². The molecule has 0 unspecified atom stereocenters. The summed E-state index contributed by atoms with van der Waals surface area (Å²) in [5.74, 6) is 0.796. The molecular weight excluding hydrogens is 376 g/mol. The number of benzene rings is 2. The van der Waals surface area contributed by atoms with Crippen LogP contribution >= 0.6 is 0 Å². The first-order chi connectivity index (χ1) is 14.5. The molecule has 2 N–H and O–H groups in total. The maximum absolute atomic E-state index is 12.7. The van der Waals surface area contributed by atoms with Crippen LogP contribution in [0.15, 0.2) is 48.5 Å². The number of fused-ring (bicyclic) bond motifs is 1. The van der Waals surface area contributed by atoms with Crippen LogP contribution in [0.25, 0.3) is 11.0 Å². The first kappa shape index (κ1) is 21.6. The minimum atomic E-state index is -0.0863. The number of nitrogens with one attached hydrogen (secondary N) is 2. The van der Waals surface area contributed by atoms with Crippen LogP contribution in [0.5, 0.6) is 0 Å². The van der Waals surface area contributed by atoms with E-state index in [1.165, 1.54) is 5.56 Å². The SMILES string of the molecule is CCc1ccc(NC(=O)Cn2c(CCCNC(=O)C(C)C)nc3ccccc32)cc1. The lowest BCUT2D eigenvalue weighted by atomic mass is 10.1. The topological polar surface area (TPSA) is 76.0 Å². The molecule has 0 aliphatic rings. The van der Waals surface area contributed by atoms with Gasteiger partial charge in [0.1, 0.15) is 12.4 Å². The summed E-state index contributed by atoms with van der Waals surface area (Å²) in [6, 6.07) is 15.8. The van der Waals surface area contributed by atoms with Gasteiger partial charge in [-0.3, -0.25) is 9.59 Å². The molecule has 0 spiro atoms. The summed E-state index contributed by atoms with van der Waals surface area (Å²) in [5, 5.41) is 5.91. The van der Waals surface area contributed by atoms with Crippen LogP contribution < -0.4 is 10.6 Å². The van der Waals surface area contributed by atoms with Crippen molar-refractivity contribution < 1.29 is 9.59 Å². The lowest BCUT2D eigenvalue weighted by molar-refractivity contribution is -0.124. The average molecular weight is 407 g/mol. The van der Waals surface area contributed by atoms with Gasteiger partial charge in [0.05, 0.1) is 11.0 Å². The summed E-state index contributed by atoms with van der Waals surface area (Å²) in [6.45, 7) is 6.65. The second-order valence-electron chi connectivity index (χ2n) is 7.75. The number of hydrogen-bond acceptors (Lipinski definition) is 3. The zero-order valence-corrected chi connectivity index (χ0v) is 17.9. The largest absolute Gasteiger partial charge is 0.356 e. The van der Waals surface area contributed by atoms with E-state index < -0.39 is 0 Å². The number of carbonyl (C=O) groups excluding carboxylic acids is 2. The molecule has 6 heteroatoms. The van der Waals surface area contributed by atoms with Gasteiger partial charge >= 0.3 is 0 Å². The maximum atomic E-state index is 12.7. The molecule has 30 heavy (non-hydrogen) atoms. The number of amides is 2. The van der Waals surface area contributed by atoms with Gasteiger partial charge in [-0.25, -0.2) is 4.98 Å². The maximum Gasteiger partial charge on any atom is 0.244 e. The average Bonchev–Trinajstić information content (AvgIpc) is 3.08. The minimum absolute atomic E-state index is 0.0235. The standard InChI is InChI=1S/C24H30N4O2/c1-4-18-11-13-19(14-12-18)26-23(29)16-28-21-9-6-5-8-20(21)27-22(28)10-7-15-25-24(30)17(2)3/h5-6,8-9,11-14,17H,4,7,10,15-16H2,1-3H3,(H,25,30)(H,26,29). The number of nitrogens with zero attached hydrogens (tertiary/aromatic N) is 2. The molecule has 0 saturated heterocycles. The minimum Gasteiger partial charge on any atom is -0.356 e. The Labute approximate surface area is 177 Å². The summed E-state index contributed by atoms with van der Waals surface area (Å²) in [5.41, 5.74) is 3.84. The molecule has 2 aromatic carbocycles. The Bertz CT molecular complexity index is 1010. The van der Waals surface area contributed by atoms with Crippen LogP contribution in [-0.2, 0) is 29.0 Å². The molecule has 158 valence electrons. The Morgan fingerprint density at radius 1 is 1.07 bits per heavy atom. The molecule has 1 heterocycles. The van der Waals surface area contributed by atoms with E-state index >= 15 is 0 Å². The molecule has 0 bridgehead atoms. The Hall–Kier alpha value is -3.15. The van der Waals surface area contributed by atoms with Crippen LogP contribution in [-0.4, -0.2) is 27.9 Å². The first-order valence-corrected chi connectivity index (χ1v) is 10.6. The van der Waals surface area contributed by atoms with Gasteiger partial charge in [0.2, 0.25) is 11.8 Å². The number of rotatable bonds is 9. The fourth-order valence-corrected chi connectivity index (χ4v) is 3.32. The summed E-state index contributed by atoms with van der Waals surface area (Å²) in [4.78, 5) is 29.2. The van der Waals surface area contributed by atoms with Crippen molar-refractivity contribution in [1.82, 2.24) is 14.9 Å². The molecular formula is C24H30N4O2. The molecule has 0 radical (unpaired) electrons. The van der Waals surface area contributed by atoms with Gasteiger partial charge in [-0.15, -0.1) is 0 Å². The van der Waals surface area contributed by atoms with Crippen LogP contribution in [0, 0.1) is 5.92 Å². The predicted molar refractivity (Wildman–Crippen MR) is 120 cm³/mol. The number of aromatic nitrogens is 2. The van der Waals surface area contributed by atoms with Gasteiger partial charge in [-0.05, 0) is 42.7 Å². The summed E-state index contributed by atoms with van der Waals surface area (Å²) < 4.78 is 1.97. The number of para-hydroxylation sites is 2. The Kier molecular flexibility index (Phi) is 7.22. The van der Waals surface area contributed by atoms with E-state index in [9.17, 15) is 9.59 Å². The molecule has 0 saturated carbocycles. The highest BCUT2D eigenvalue weighted by Crippen LogP contribution is 2.18. The van der Waals surface area contributed by atoms with Gasteiger partial charge in [-0.1, -0.05) is 45.0 Å². The van der Waals surface area contributed by atoms with E-state index in [2.05, 4.69) is 17.6 Å². The molecule has 3 aromatic rings. The summed E-state index contributed by atoms with van der Waals surface area (Å²) in [6.07, 6.45) is 2.42. The molecule has 0 aliphatic heterocycles. The molecule has 6 nitrogen and oxygen atoms in total. The normalized spacial score (nSPS) is 11.1. The van der Waals surface area contributed by atoms with E-state index in [-0.39, 0.29) is 24.3 Å². The highest BCUT2D eigenvalue weighted by molar-refractivity contribution is 5.91. The van der Waals surface area contributed by atoms with Crippen molar-refractivity contribution in [3.8, 4) is 0 Å². The molecule has 1 aromatic heterocycles. The number of aryl methyl sites for hydroxylation is 2. The number of imidazole rings is 1. The zero-order chi connectivity index (χ0) is 21.5. The van der Waals surface area contributed by atoms with Crippen molar-refractivity contribution in [2.75, 3.05) is 11.9 Å². The highest BCUT2D eigenvalue weighted by atomic mass is 16.2. The van der Waals surface area contributed by atoms with Crippen molar-refractivity contribution in [3.63, 3.8) is 0 Å². The second kappa shape index (κ2) is 10.1. The Morgan fingerprint density at radius 3 is 2.50 bits per heavy atom. The monoisotopic (exact) mass is 406 g/mol. The first-order valence-electron chi connectivity index (χ1n) is 10.6. The van der Waals surface area contributed by atoms with Crippen LogP contribution in [0.3, 0.4) is 0 Å². The molecule has 3 rings (SSSR count). The molecule has 2 amide bonds. The smallest absolute Gasteiger partial charge is 0.244 e. The van der Waals surface area contributed by atoms with E-state index in [0.29, 0.717) is 13.0 Å². The molecule has 0 aliphatic carbocycles. The number of hydrogen-bond donors (Lipinski definition) is 2. The third kappa shape index (κ3) is 5.47. The third-order valence-electron chi connectivity index (χ3n) is 5.08. The fourth-order valence-electron chi connectivity index (χ4n) is 3.32.